The van der Waals surface area contributed by atoms with E-state index in [1.165, 1.54) is 27.6 Å². The van der Waals surface area contributed by atoms with Crippen molar-refractivity contribution in [3.63, 3.8) is 0 Å². The molecule has 25 heavy (non-hydrogen) atoms. The highest BCUT2D eigenvalue weighted by Gasteiger charge is 2.21. The highest BCUT2D eigenvalue weighted by atomic mass is 16.3. The fraction of sp³-hybridized carbons (Fsp3) is 0.500. The van der Waals surface area contributed by atoms with Crippen LogP contribution in [0, 0.1) is 0 Å². The predicted molar refractivity (Wildman–Crippen MR) is 112 cm³/mol. The van der Waals surface area contributed by atoms with Crippen molar-refractivity contribution in [1.82, 2.24) is 0 Å². The Balaban J connectivity index is 2.91. The molecule has 0 radical (unpaired) electrons. The van der Waals surface area contributed by atoms with Gasteiger partial charge in [-0.3, -0.25) is 0 Å². The van der Waals surface area contributed by atoms with E-state index in [0.717, 1.165) is 62.3 Å². The summed E-state index contributed by atoms with van der Waals surface area (Å²) >= 11 is 0. The minimum atomic E-state index is 0.525. The van der Waals surface area contributed by atoms with Gasteiger partial charge in [0.05, 0.1) is 0 Å². The number of rotatable bonds is 9. The van der Waals surface area contributed by atoms with Crippen LogP contribution in [0.25, 0.3) is 16.3 Å². The van der Waals surface area contributed by atoms with Crippen LogP contribution < -0.4 is 0 Å². The largest absolute Gasteiger partial charge is 0.507 e. The molecule has 2 aromatic rings. The van der Waals surface area contributed by atoms with E-state index in [1.54, 1.807) is 0 Å². The van der Waals surface area contributed by atoms with E-state index < -0.39 is 0 Å². The van der Waals surface area contributed by atoms with Crippen molar-refractivity contribution in [2.45, 2.75) is 79.1 Å². The summed E-state index contributed by atoms with van der Waals surface area (Å²) in [5.74, 6) is 0.525. The SMILES string of the molecule is C=C(CCC)c1c(CCC)c(CCC)c(O)c2c(CCC)cccc12. The molecule has 0 heterocycles. The Kier molecular flexibility index (Phi) is 7.11. The van der Waals surface area contributed by atoms with Crippen LogP contribution in [-0.4, -0.2) is 5.11 Å². The first kappa shape index (κ1) is 19.6. The molecular formula is C24H34O. The van der Waals surface area contributed by atoms with Crippen molar-refractivity contribution < 1.29 is 5.11 Å². The van der Waals surface area contributed by atoms with E-state index in [9.17, 15) is 5.11 Å². The molecule has 0 spiro atoms. The number of phenolic OH excluding ortho intramolecular Hbond substituents is 1. The third-order valence-electron chi connectivity index (χ3n) is 5.03. The molecular weight excluding hydrogens is 304 g/mol. The van der Waals surface area contributed by atoms with Gasteiger partial charge in [0.2, 0.25) is 0 Å². The molecule has 136 valence electrons. The lowest BCUT2D eigenvalue weighted by Gasteiger charge is -2.22. The molecule has 0 bridgehead atoms. The average Bonchev–Trinajstić information content (AvgIpc) is 2.59. The monoisotopic (exact) mass is 338 g/mol. The molecule has 0 saturated carbocycles. The van der Waals surface area contributed by atoms with E-state index >= 15 is 0 Å². The number of fused-ring (bicyclic) bond motifs is 1. The summed E-state index contributed by atoms with van der Waals surface area (Å²) < 4.78 is 0. The topological polar surface area (TPSA) is 20.2 Å². The van der Waals surface area contributed by atoms with E-state index in [-0.39, 0.29) is 0 Å². The third kappa shape index (κ3) is 3.92. The summed E-state index contributed by atoms with van der Waals surface area (Å²) in [7, 11) is 0. The molecule has 0 aromatic heterocycles. The van der Waals surface area contributed by atoms with Gasteiger partial charge in [-0.1, -0.05) is 78.2 Å². The van der Waals surface area contributed by atoms with Crippen LogP contribution in [0.4, 0.5) is 0 Å². The molecule has 0 aliphatic rings. The molecule has 2 rings (SSSR count). The van der Waals surface area contributed by atoms with E-state index in [1.807, 2.05) is 0 Å². The lowest BCUT2D eigenvalue weighted by Crippen LogP contribution is -2.04. The van der Waals surface area contributed by atoms with Gasteiger partial charge in [-0.05, 0) is 58.9 Å². The first-order valence-electron chi connectivity index (χ1n) is 10.1. The second-order valence-electron chi connectivity index (χ2n) is 7.12. The number of aromatic hydroxyl groups is 1. The summed E-state index contributed by atoms with van der Waals surface area (Å²) in [6.07, 6.45) is 8.28. The van der Waals surface area contributed by atoms with Crippen LogP contribution in [0.5, 0.6) is 5.75 Å². The molecule has 0 aliphatic carbocycles. The Morgan fingerprint density at radius 3 is 2.12 bits per heavy atom. The van der Waals surface area contributed by atoms with E-state index in [4.69, 9.17) is 0 Å². The zero-order chi connectivity index (χ0) is 18.4. The van der Waals surface area contributed by atoms with Gasteiger partial charge in [0, 0.05) is 5.39 Å². The zero-order valence-corrected chi connectivity index (χ0v) is 16.5. The third-order valence-corrected chi connectivity index (χ3v) is 5.03. The van der Waals surface area contributed by atoms with Gasteiger partial charge in [-0.2, -0.15) is 0 Å². The Morgan fingerprint density at radius 1 is 0.880 bits per heavy atom. The number of hydrogen-bond acceptors (Lipinski definition) is 1. The van der Waals surface area contributed by atoms with Gasteiger partial charge in [0.1, 0.15) is 5.75 Å². The van der Waals surface area contributed by atoms with Gasteiger partial charge in [-0.15, -0.1) is 0 Å². The fourth-order valence-corrected chi connectivity index (χ4v) is 4.05. The van der Waals surface area contributed by atoms with E-state index in [2.05, 4.69) is 52.5 Å². The minimum Gasteiger partial charge on any atom is -0.507 e. The molecule has 0 atom stereocenters. The molecule has 1 heteroatoms. The van der Waals surface area contributed by atoms with Crippen LogP contribution in [0.3, 0.4) is 0 Å². The zero-order valence-electron chi connectivity index (χ0n) is 16.5. The molecule has 0 fully saturated rings. The van der Waals surface area contributed by atoms with Crippen LogP contribution in [0.1, 0.15) is 82.1 Å². The number of phenols is 1. The second kappa shape index (κ2) is 9.08. The summed E-state index contributed by atoms with van der Waals surface area (Å²) in [5, 5.41) is 13.5. The van der Waals surface area contributed by atoms with Gasteiger partial charge < -0.3 is 5.11 Å². The van der Waals surface area contributed by atoms with E-state index in [0.29, 0.717) is 5.75 Å². The fourth-order valence-electron chi connectivity index (χ4n) is 4.05. The Morgan fingerprint density at radius 2 is 1.52 bits per heavy atom. The number of hydrogen-bond donors (Lipinski definition) is 1. The van der Waals surface area contributed by atoms with Crippen molar-refractivity contribution in [2.24, 2.45) is 0 Å². The Bertz CT molecular complexity index is 740. The summed E-state index contributed by atoms with van der Waals surface area (Å²) in [6.45, 7) is 13.3. The first-order valence-corrected chi connectivity index (χ1v) is 10.1. The first-order chi connectivity index (χ1) is 12.1. The molecule has 2 aromatic carbocycles. The molecule has 1 N–H and O–H groups in total. The average molecular weight is 339 g/mol. The van der Waals surface area contributed by atoms with Gasteiger partial charge in [0.15, 0.2) is 0 Å². The van der Waals surface area contributed by atoms with Gasteiger partial charge in [-0.25, -0.2) is 0 Å². The van der Waals surface area contributed by atoms with Crippen molar-refractivity contribution in [2.75, 3.05) is 0 Å². The summed E-state index contributed by atoms with van der Waals surface area (Å²) in [5.41, 5.74) is 6.30. The van der Waals surface area contributed by atoms with Gasteiger partial charge in [0.25, 0.3) is 0 Å². The number of benzene rings is 2. The van der Waals surface area contributed by atoms with Crippen molar-refractivity contribution >= 4 is 16.3 Å². The highest BCUT2D eigenvalue weighted by molar-refractivity contribution is 6.01. The molecule has 0 unspecified atom stereocenters. The lowest BCUT2D eigenvalue weighted by molar-refractivity contribution is 0.472. The Hall–Kier alpha value is -1.76. The molecule has 0 aliphatic heterocycles. The van der Waals surface area contributed by atoms with Crippen LogP contribution in [-0.2, 0) is 19.3 Å². The summed E-state index contributed by atoms with van der Waals surface area (Å²) in [4.78, 5) is 0. The summed E-state index contributed by atoms with van der Waals surface area (Å²) in [6, 6.07) is 6.50. The van der Waals surface area contributed by atoms with Crippen LogP contribution >= 0.6 is 0 Å². The van der Waals surface area contributed by atoms with Crippen LogP contribution in [0.2, 0.25) is 0 Å². The highest BCUT2D eigenvalue weighted by Crippen LogP contribution is 2.42. The van der Waals surface area contributed by atoms with Crippen molar-refractivity contribution in [3.8, 4) is 5.75 Å². The van der Waals surface area contributed by atoms with Gasteiger partial charge >= 0.3 is 0 Å². The standard InChI is InChI=1S/C24H34O/c1-6-11-17(5)22-19(13-8-3)20(14-9-4)24(25)23-18(12-7-2)15-10-16-21(22)23/h10,15-16,25H,5-9,11-14H2,1-4H3. The smallest absolute Gasteiger partial charge is 0.127 e. The predicted octanol–water partition coefficient (Wildman–Crippen LogP) is 7.22. The lowest BCUT2D eigenvalue weighted by atomic mass is 9.83. The van der Waals surface area contributed by atoms with Crippen LogP contribution in [0.15, 0.2) is 24.8 Å². The van der Waals surface area contributed by atoms with Crippen molar-refractivity contribution in [3.05, 3.63) is 47.0 Å². The van der Waals surface area contributed by atoms with Crippen molar-refractivity contribution in [1.29, 1.82) is 0 Å². The molecule has 1 nitrogen and oxygen atoms in total. The maximum atomic E-state index is 11.2. The Labute approximate surface area is 153 Å². The maximum Gasteiger partial charge on any atom is 0.127 e. The second-order valence-corrected chi connectivity index (χ2v) is 7.12. The maximum absolute atomic E-state index is 11.2. The molecule has 0 saturated heterocycles. The number of allylic oxidation sites excluding steroid dienone is 1. The normalized spacial score (nSPS) is 11.2. The quantitative estimate of drug-likeness (QED) is 0.512. The number of aryl methyl sites for hydroxylation is 1. The minimum absolute atomic E-state index is 0.525. The molecule has 0 amide bonds.